The molecule has 0 radical (unpaired) electrons. The quantitative estimate of drug-likeness (QED) is 0.545. The summed E-state index contributed by atoms with van der Waals surface area (Å²) in [6.07, 6.45) is 1.96. The van der Waals surface area contributed by atoms with Gasteiger partial charge in [-0.3, -0.25) is 0 Å². The summed E-state index contributed by atoms with van der Waals surface area (Å²) in [6.45, 7) is 8.53. The van der Waals surface area contributed by atoms with Crippen LogP contribution in [0.2, 0.25) is 0 Å². The minimum atomic E-state index is -3.56. The van der Waals surface area contributed by atoms with Crippen LogP contribution in [0, 0.1) is 0 Å². The van der Waals surface area contributed by atoms with Crippen LogP contribution < -0.4 is 9.50 Å². The van der Waals surface area contributed by atoms with Crippen molar-refractivity contribution < 1.29 is 17.4 Å². The van der Waals surface area contributed by atoms with Gasteiger partial charge >= 0.3 is 16.1 Å². The van der Waals surface area contributed by atoms with Crippen molar-refractivity contribution in [1.82, 2.24) is 10.2 Å². The van der Waals surface area contributed by atoms with Crippen LogP contribution in [0.4, 0.5) is 4.79 Å². The number of hydrogen-bond acceptors (Lipinski definition) is 4. The van der Waals surface area contributed by atoms with Crippen LogP contribution >= 0.6 is 0 Å². The molecule has 1 aromatic rings. The van der Waals surface area contributed by atoms with Crippen LogP contribution in [0.3, 0.4) is 0 Å². The van der Waals surface area contributed by atoms with Gasteiger partial charge < -0.3 is 14.4 Å². The number of amides is 2. The van der Waals surface area contributed by atoms with Gasteiger partial charge in [-0.15, -0.1) is 0 Å². The number of nitrogens with zero attached hydrogens (tertiary/aromatic N) is 1. The number of carbonyl (C=O) groups is 1. The van der Waals surface area contributed by atoms with Crippen molar-refractivity contribution in [3.63, 3.8) is 0 Å². The predicted molar refractivity (Wildman–Crippen MR) is 95.5 cm³/mol. The van der Waals surface area contributed by atoms with Gasteiger partial charge in [-0.25, -0.2) is 4.79 Å². The Bertz CT molecular complexity index is 629. The summed E-state index contributed by atoms with van der Waals surface area (Å²) in [5.41, 5.74) is 0.818. The average molecular weight is 356 g/mol. The molecule has 0 heterocycles. The summed E-state index contributed by atoms with van der Waals surface area (Å²) >= 11 is 0. The van der Waals surface area contributed by atoms with Gasteiger partial charge in [0.2, 0.25) is 0 Å². The highest BCUT2D eigenvalue weighted by atomic mass is 32.2. The van der Waals surface area contributed by atoms with E-state index in [2.05, 4.69) is 12.2 Å². The zero-order valence-electron chi connectivity index (χ0n) is 14.9. The first-order valence-corrected chi connectivity index (χ1v) is 9.92. The van der Waals surface area contributed by atoms with Gasteiger partial charge in [0.25, 0.3) is 0 Å². The van der Waals surface area contributed by atoms with E-state index in [9.17, 15) is 13.2 Å². The summed E-state index contributed by atoms with van der Waals surface area (Å²) in [5.74, 6) is 0.180. The molecule has 0 saturated heterocycles. The van der Waals surface area contributed by atoms with Crippen molar-refractivity contribution in [3.8, 4) is 5.75 Å². The summed E-state index contributed by atoms with van der Waals surface area (Å²) in [5, 5.41) is 2.91. The summed E-state index contributed by atoms with van der Waals surface area (Å²) in [6, 6.07) is 6.73. The van der Waals surface area contributed by atoms with Gasteiger partial charge in [-0.05, 0) is 44.9 Å². The Morgan fingerprint density at radius 2 is 2.00 bits per heavy atom. The third-order valence-electron chi connectivity index (χ3n) is 3.52. The smallest absolute Gasteiger partial charge is 0.317 e. The third-order valence-corrected chi connectivity index (χ3v) is 4.67. The fourth-order valence-corrected chi connectivity index (χ4v) is 2.58. The number of nitrogens with one attached hydrogen (secondary N) is 1. The van der Waals surface area contributed by atoms with E-state index in [1.165, 1.54) is 6.92 Å². The molecular formula is C17H28N2O4S. The molecule has 0 bridgehead atoms. The third kappa shape index (κ3) is 6.78. The van der Waals surface area contributed by atoms with Gasteiger partial charge in [0.15, 0.2) is 0 Å². The lowest BCUT2D eigenvalue weighted by Crippen LogP contribution is -2.43. The number of benzene rings is 1. The van der Waals surface area contributed by atoms with Crippen molar-refractivity contribution in [2.45, 2.75) is 53.1 Å². The molecule has 2 amide bonds. The highest BCUT2D eigenvalue weighted by molar-refractivity contribution is 7.87. The SMILES string of the molecule is CCCCNC(=O)N(Cc1cccc(OS(=O)(=O)CC)c1)C(C)C. The number of carbonyl (C=O) groups excluding carboxylic acids is 1. The molecule has 136 valence electrons. The first-order chi connectivity index (χ1) is 11.3. The van der Waals surface area contributed by atoms with Crippen LogP contribution in [0.5, 0.6) is 5.75 Å². The van der Waals surface area contributed by atoms with Crippen molar-refractivity contribution in [2.75, 3.05) is 12.3 Å². The second-order valence-electron chi connectivity index (χ2n) is 5.88. The van der Waals surface area contributed by atoms with Gasteiger partial charge in [0.1, 0.15) is 5.75 Å². The molecule has 0 aromatic heterocycles. The highest BCUT2D eigenvalue weighted by Gasteiger charge is 2.17. The molecule has 6 nitrogen and oxygen atoms in total. The van der Waals surface area contributed by atoms with Crippen LogP contribution in [0.1, 0.15) is 46.1 Å². The second-order valence-corrected chi connectivity index (χ2v) is 7.74. The lowest BCUT2D eigenvalue weighted by molar-refractivity contribution is 0.179. The van der Waals surface area contributed by atoms with Crippen LogP contribution in [-0.4, -0.2) is 37.7 Å². The molecule has 1 N–H and O–H groups in total. The Morgan fingerprint density at radius 3 is 2.58 bits per heavy atom. The lowest BCUT2D eigenvalue weighted by Gasteiger charge is -2.27. The molecular weight excluding hydrogens is 328 g/mol. The Morgan fingerprint density at radius 1 is 1.29 bits per heavy atom. The fraction of sp³-hybridized carbons (Fsp3) is 0.588. The first kappa shape index (κ1) is 20.3. The molecule has 0 aliphatic carbocycles. The molecule has 0 atom stereocenters. The van der Waals surface area contributed by atoms with Gasteiger partial charge in [-0.1, -0.05) is 25.5 Å². The zero-order chi connectivity index (χ0) is 18.2. The van der Waals surface area contributed by atoms with E-state index in [4.69, 9.17) is 4.18 Å². The van der Waals surface area contributed by atoms with Crippen LogP contribution in [-0.2, 0) is 16.7 Å². The predicted octanol–water partition coefficient (Wildman–Crippen LogP) is 3.14. The second kappa shape index (κ2) is 9.52. The zero-order valence-corrected chi connectivity index (χ0v) is 15.7. The van der Waals surface area contributed by atoms with Crippen molar-refractivity contribution in [1.29, 1.82) is 0 Å². The minimum Gasteiger partial charge on any atom is -0.382 e. The molecule has 1 rings (SSSR count). The molecule has 7 heteroatoms. The Hall–Kier alpha value is -1.76. The van der Waals surface area contributed by atoms with Crippen LogP contribution in [0.25, 0.3) is 0 Å². The maximum atomic E-state index is 12.3. The lowest BCUT2D eigenvalue weighted by atomic mass is 10.2. The number of hydrogen-bond donors (Lipinski definition) is 1. The molecule has 24 heavy (non-hydrogen) atoms. The molecule has 0 aliphatic heterocycles. The number of rotatable bonds is 9. The Labute approximate surface area is 145 Å². The van der Waals surface area contributed by atoms with Gasteiger partial charge in [-0.2, -0.15) is 8.42 Å². The number of unbranched alkanes of at least 4 members (excludes halogenated alkanes) is 1. The van der Waals surface area contributed by atoms with Crippen molar-refractivity contribution >= 4 is 16.1 Å². The van der Waals surface area contributed by atoms with E-state index in [-0.39, 0.29) is 23.6 Å². The maximum Gasteiger partial charge on any atom is 0.317 e. The van der Waals surface area contributed by atoms with Crippen LogP contribution in [0.15, 0.2) is 24.3 Å². The normalized spacial score (nSPS) is 11.4. The van der Waals surface area contributed by atoms with Gasteiger partial charge in [0, 0.05) is 19.1 Å². The standard InChI is InChI=1S/C17H28N2O4S/c1-5-7-11-18-17(20)19(14(3)4)13-15-9-8-10-16(12-15)23-24(21,22)6-2/h8-10,12,14H,5-7,11,13H2,1-4H3,(H,18,20). The molecule has 0 fully saturated rings. The molecule has 0 unspecified atom stereocenters. The monoisotopic (exact) mass is 356 g/mol. The average Bonchev–Trinajstić information content (AvgIpc) is 2.52. The number of urea groups is 1. The summed E-state index contributed by atoms with van der Waals surface area (Å²) in [4.78, 5) is 14.0. The molecule has 0 aliphatic rings. The van der Waals surface area contributed by atoms with E-state index < -0.39 is 10.1 Å². The molecule has 0 saturated carbocycles. The highest BCUT2D eigenvalue weighted by Crippen LogP contribution is 2.18. The fourth-order valence-electron chi connectivity index (χ4n) is 2.06. The van der Waals surface area contributed by atoms with Gasteiger partial charge in [0.05, 0.1) is 5.75 Å². The van der Waals surface area contributed by atoms with E-state index in [1.54, 1.807) is 23.1 Å². The molecule has 0 spiro atoms. The van der Waals surface area contributed by atoms with Crippen molar-refractivity contribution in [2.24, 2.45) is 0 Å². The summed E-state index contributed by atoms with van der Waals surface area (Å²) in [7, 11) is -3.56. The maximum absolute atomic E-state index is 12.3. The van der Waals surface area contributed by atoms with E-state index >= 15 is 0 Å². The Kier molecular flexibility index (Phi) is 8.04. The van der Waals surface area contributed by atoms with E-state index in [0.29, 0.717) is 13.1 Å². The Balaban J connectivity index is 2.82. The van der Waals surface area contributed by atoms with Crippen molar-refractivity contribution in [3.05, 3.63) is 29.8 Å². The summed E-state index contributed by atoms with van der Waals surface area (Å²) < 4.78 is 28.2. The van der Waals surface area contributed by atoms with E-state index in [0.717, 1.165) is 18.4 Å². The minimum absolute atomic E-state index is 0.0237. The molecule has 1 aromatic carbocycles. The largest absolute Gasteiger partial charge is 0.382 e. The van der Waals surface area contributed by atoms with E-state index in [1.807, 2.05) is 19.9 Å². The topological polar surface area (TPSA) is 75.7 Å². The first-order valence-electron chi connectivity index (χ1n) is 8.34.